The molecule has 1 aromatic carbocycles. The van der Waals surface area contributed by atoms with Crippen molar-refractivity contribution in [3.8, 4) is 0 Å². The number of aliphatic imine (C=N–C) groups is 1. The summed E-state index contributed by atoms with van der Waals surface area (Å²) in [5.74, 6) is 1.90. The summed E-state index contributed by atoms with van der Waals surface area (Å²) in [6.07, 6.45) is 1.90. The van der Waals surface area contributed by atoms with Crippen molar-refractivity contribution in [1.82, 2.24) is 20.5 Å². The third-order valence-electron chi connectivity index (χ3n) is 4.94. The molecule has 7 heteroatoms. The summed E-state index contributed by atoms with van der Waals surface area (Å²) in [6, 6.07) is 12.7. The number of nitrogens with one attached hydrogen (secondary N) is 2. The number of guanidine groups is 1. The van der Waals surface area contributed by atoms with E-state index >= 15 is 0 Å². The van der Waals surface area contributed by atoms with Crippen molar-refractivity contribution in [2.24, 2.45) is 4.99 Å². The van der Waals surface area contributed by atoms with E-state index in [1.54, 1.807) is 0 Å². The van der Waals surface area contributed by atoms with Crippen molar-refractivity contribution >= 4 is 35.8 Å². The number of aromatic nitrogens is 1. The van der Waals surface area contributed by atoms with Crippen LogP contribution in [0.5, 0.6) is 0 Å². The Morgan fingerprint density at radius 3 is 2.59 bits per heavy atom. The monoisotopic (exact) mass is 508 g/mol. The fourth-order valence-corrected chi connectivity index (χ4v) is 3.29. The lowest BCUT2D eigenvalue weighted by Crippen LogP contribution is -2.44. The SMILES string of the molecule is CCNC(=NCc1cccc(C)c1)NCc1ccnc(N2CCN(C)CC2)c1.I. The van der Waals surface area contributed by atoms with Gasteiger partial charge >= 0.3 is 0 Å². The first-order chi connectivity index (χ1) is 13.6. The van der Waals surface area contributed by atoms with Gasteiger partial charge in [0.15, 0.2) is 5.96 Å². The summed E-state index contributed by atoms with van der Waals surface area (Å²) in [5, 5.41) is 6.77. The van der Waals surface area contributed by atoms with Gasteiger partial charge in [-0.05, 0) is 44.2 Å². The highest BCUT2D eigenvalue weighted by atomic mass is 127. The van der Waals surface area contributed by atoms with E-state index in [1.807, 2.05) is 6.20 Å². The van der Waals surface area contributed by atoms with Gasteiger partial charge in [-0.2, -0.15) is 0 Å². The molecule has 6 nitrogen and oxygen atoms in total. The first kappa shape index (κ1) is 23.4. The van der Waals surface area contributed by atoms with Gasteiger partial charge in [0.05, 0.1) is 6.54 Å². The maximum Gasteiger partial charge on any atom is 0.191 e. The zero-order valence-electron chi connectivity index (χ0n) is 17.7. The van der Waals surface area contributed by atoms with Gasteiger partial charge in [-0.25, -0.2) is 9.98 Å². The Labute approximate surface area is 191 Å². The van der Waals surface area contributed by atoms with Crippen molar-refractivity contribution in [2.75, 3.05) is 44.7 Å². The molecule has 1 aromatic heterocycles. The number of benzene rings is 1. The van der Waals surface area contributed by atoms with Gasteiger partial charge in [0, 0.05) is 45.5 Å². The van der Waals surface area contributed by atoms with Gasteiger partial charge in [0.2, 0.25) is 0 Å². The number of nitrogens with zero attached hydrogens (tertiary/aromatic N) is 4. The van der Waals surface area contributed by atoms with E-state index in [9.17, 15) is 0 Å². The molecular formula is C22H33IN6. The zero-order chi connectivity index (χ0) is 19.8. The van der Waals surface area contributed by atoms with E-state index in [2.05, 4.69) is 82.7 Å². The van der Waals surface area contributed by atoms with Crippen LogP contribution in [0.15, 0.2) is 47.6 Å². The molecule has 2 heterocycles. The Morgan fingerprint density at radius 1 is 1.07 bits per heavy atom. The Hall–Kier alpha value is -1.87. The lowest BCUT2D eigenvalue weighted by atomic mass is 10.1. The first-order valence-electron chi connectivity index (χ1n) is 10.1. The maximum absolute atomic E-state index is 4.72. The van der Waals surface area contributed by atoms with Crippen LogP contribution in [0.25, 0.3) is 0 Å². The highest BCUT2D eigenvalue weighted by Crippen LogP contribution is 2.14. The van der Waals surface area contributed by atoms with E-state index in [-0.39, 0.29) is 24.0 Å². The molecule has 158 valence electrons. The van der Waals surface area contributed by atoms with E-state index in [1.165, 1.54) is 16.7 Å². The fourth-order valence-electron chi connectivity index (χ4n) is 3.29. The Kier molecular flexibility index (Phi) is 9.66. The quantitative estimate of drug-likeness (QED) is 0.357. The number of pyridine rings is 1. The Bertz CT molecular complexity index is 786. The van der Waals surface area contributed by atoms with Gasteiger partial charge in [-0.15, -0.1) is 24.0 Å². The molecule has 0 atom stereocenters. The topological polar surface area (TPSA) is 55.8 Å². The number of likely N-dealkylation sites (N-methyl/N-ethyl adjacent to an activating group) is 1. The summed E-state index contributed by atoms with van der Waals surface area (Å²) < 4.78 is 0. The van der Waals surface area contributed by atoms with E-state index < -0.39 is 0 Å². The average molecular weight is 508 g/mol. The highest BCUT2D eigenvalue weighted by Gasteiger charge is 2.15. The molecule has 1 saturated heterocycles. The van der Waals surface area contributed by atoms with Crippen LogP contribution in [-0.2, 0) is 13.1 Å². The first-order valence-corrected chi connectivity index (χ1v) is 10.1. The number of aryl methyl sites for hydroxylation is 1. The van der Waals surface area contributed by atoms with E-state index in [4.69, 9.17) is 4.99 Å². The molecule has 29 heavy (non-hydrogen) atoms. The lowest BCUT2D eigenvalue weighted by Gasteiger charge is -2.33. The zero-order valence-corrected chi connectivity index (χ0v) is 20.0. The molecule has 0 spiro atoms. The van der Waals surface area contributed by atoms with Crippen LogP contribution in [0.2, 0.25) is 0 Å². The largest absolute Gasteiger partial charge is 0.357 e. The van der Waals surface area contributed by atoms with Gasteiger partial charge in [0.25, 0.3) is 0 Å². The molecule has 1 aliphatic heterocycles. The van der Waals surface area contributed by atoms with Gasteiger partial charge in [-0.3, -0.25) is 0 Å². The highest BCUT2D eigenvalue weighted by molar-refractivity contribution is 14.0. The van der Waals surface area contributed by atoms with E-state index in [0.717, 1.165) is 51.0 Å². The van der Waals surface area contributed by atoms with Crippen LogP contribution >= 0.6 is 24.0 Å². The second-order valence-electron chi connectivity index (χ2n) is 7.35. The number of hydrogen-bond acceptors (Lipinski definition) is 4. The number of piperazine rings is 1. The third-order valence-corrected chi connectivity index (χ3v) is 4.94. The molecule has 2 N–H and O–H groups in total. The molecule has 0 saturated carbocycles. The molecule has 0 bridgehead atoms. The van der Waals surface area contributed by atoms with Crippen LogP contribution in [0.3, 0.4) is 0 Å². The van der Waals surface area contributed by atoms with Crippen molar-refractivity contribution < 1.29 is 0 Å². The third kappa shape index (κ3) is 7.47. The number of halogens is 1. The van der Waals surface area contributed by atoms with Crippen LogP contribution in [-0.4, -0.2) is 55.6 Å². The average Bonchev–Trinajstić information content (AvgIpc) is 2.71. The predicted molar refractivity (Wildman–Crippen MR) is 132 cm³/mol. The number of rotatable bonds is 6. The molecule has 3 rings (SSSR count). The standard InChI is InChI=1S/C22H32N6.HI/c1-4-23-22(25-16-19-7-5-6-18(2)14-19)26-17-20-8-9-24-21(15-20)28-12-10-27(3)11-13-28;/h5-9,14-15H,4,10-13,16-17H2,1-3H3,(H2,23,25,26);1H. The summed E-state index contributed by atoms with van der Waals surface area (Å²) >= 11 is 0. The molecule has 0 unspecified atom stereocenters. The minimum Gasteiger partial charge on any atom is -0.357 e. The number of anilines is 1. The van der Waals surface area contributed by atoms with Crippen LogP contribution in [0, 0.1) is 6.92 Å². The van der Waals surface area contributed by atoms with Crippen molar-refractivity contribution in [3.63, 3.8) is 0 Å². The van der Waals surface area contributed by atoms with Crippen molar-refractivity contribution in [3.05, 3.63) is 59.3 Å². The fraction of sp³-hybridized carbons (Fsp3) is 0.455. The normalized spacial score (nSPS) is 15.0. The Balaban J connectivity index is 0.00000300. The lowest BCUT2D eigenvalue weighted by molar-refractivity contribution is 0.312. The molecule has 1 aliphatic rings. The van der Waals surface area contributed by atoms with Gasteiger partial charge in [-0.1, -0.05) is 29.8 Å². The van der Waals surface area contributed by atoms with Crippen molar-refractivity contribution in [1.29, 1.82) is 0 Å². The molecule has 0 amide bonds. The van der Waals surface area contributed by atoms with Crippen LogP contribution in [0.1, 0.15) is 23.6 Å². The van der Waals surface area contributed by atoms with Crippen LogP contribution < -0.4 is 15.5 Å². The predicted octanol–water partition coefficient (Wildman–Crippen LogP) is 3.02. The van der Waals surface area contributed by atoms with Crippen molar-refractivity contribution in [2.45, 2.75) is 26.9 Å². The van der Waals surface area contributed by atoms with Gasteiger partial charge < -0.3 is 20.4 Å². The Morgan fingerprint density at radius 2 is 1.86 bits per heavy atom. The molecular weight excluding hydrogens is 475 g/mol. The van der Waals surface area contributed by atoms with Crippen LogP contribution in [0.4, 0.5) is 5.82 Å². The van der Waals surface area contributed by atoms with Gasteiger partial charge in [0.1, 0.15) is 5.82 Å². The van der Waals surface area contributed by atoms with E-state index in [0.29, 0.717) is 6.54 Å². The summed E-state index contributed by atoms with van der Waals surface area (Å²) in [6.45, 7) is 10.6. The second kappa shape index (κ2) is 12.0. The summed E-state index contributed by atoms with van der Waals surface area (Å²) in [4.78, 5) is 14.0. The number of hydrogen-bond donors (Lipinski definition) is 2. The summed E-state index contributed by atoms with van der Waals surface area (Å²) in [7, 11) is 2.17. The minimum absolute atomic E-state index is 0. The molecule has 2 aromatic rings. The molecule has 0 radical (unpaired) electrons. The molecule has 1 fully saturated rings. The second-order valence-corrected chi connectivity index (χ2v) is 7.35. The smallest absolute Gasteiger partial charge is 0.191 e. The molecule has 0 aliphatic carbocycles. The maximum atomic E-state index is 4.72. The minimum atomic E-state index is 0. The summed E-state index contributed by atoms with van der Waals surface area (Å²) in [5.41, 5.74) is 3.70.